The van der Waals surface area contributed by atoms with Crippen molar-refractivity contribution in [1.29, 1.82) is 0 Å². The smallest absolute Gasteiger partial charge is 0.295 e. The second-order valence-corrected chi connectivity index (χ2v) is 20.8. The lowest BCUT2D eigenvalue weighted by atomic mass is 9.62. The third kappa shape index (κ3) is 22.3. The van der Waals surface area contributed by atoms with Crippen molar-refractivity contribution in [2.45, 2.75) is 277 Å². The molecule has 0 heterocycles. The SMILES string of the molecule is C=CCc1c(O)c(C(CC=C)(CCCCCCCCCCC)CC(C)(C)C)c(CCCCCCCCCCCC)c(CCCCCCCCCCCC)c1S(=O)(=O)O. The standard InChI is InChI=1S/C53H96O4S/c1-9-14-17-20-23-26-28-31-34-37-41-46-47(42-38-35-32-29-27-24-21-18-15-10-2)51(58(55,56)57)48(40-12-4)50(54)49(46)53(43-13-5,45-52(6,7)8)44-39-36-33-30-25-22-19-16-11-3/h12-13,54H,4-5,9-11,14-45H2,1-3,6-8H3,(H,55,56,57). The quantitative estimate of drug-likeness (QED) is 0.0394. The predicted molar refractivity (Wildman–Crippen MR) is 255 cm³/mol. The van der Waals surface area contributed by atoms with Gasteiger partial charge in [-0.25, -0.2) is 0 Å². The van der Waals surface area contributed by atoms with Gasteiger partial charge in [-0.05, 0) is 67.9 Å². The van der Waals surface area contributed by atoms with Gasteiger partial charge in [0, 0.05) is 16.5 Å². The van der Waals surface area contributed by atoms with Gasteiger partial charge < -0.3 is 5.11 Å². The van der Waals surface area contributed by atoms with Crippen molar-refractivity contribution in [3.05, 3.63) is 47.6 Å². The molecule has 0 saturated carbocycles. The average molecular weight is 829 g/mol. The first-order valence-corrected chi connectivity index (χ1v) is 26.4. The van der Waals surface area contributed by atoms with E-state index in [9.17, 15) is 18.1 Å². The van der Waals surface area contributed by atoms with Gasteiger partial charge >= 0.3 is 0 Å². The van der Waals surface area contributed by atoms with Crippen molar-refractivity contribution in [3.8, 4) is 5.75 Å². The molecule has 0 radical (unpaired) electrons. The fraction of sp³-hybridized carbons (Fsp3) is 0.811. The van der Waals surface area contributed by atoms with Crippen LogP contribution in [0.25, 0.3) is 0 Å². The van der Waals surface area contributed by atoms with Gasteiger partial charge in [-0.1, -0.05) is 227 Å². The van der Waals surface area contributed by atoms with E-state index < -0.39 is 15.5 Å². The van der Waals surface area contributed by atoms with Crippen molar-refractivity contribution in [1.82, 2.24) is 0 Å². The summed E-state index contributed by atoms with van der Waals surface area (Å²) in [4.78, 5) is -0.0435. The minimum Gasteiger partial charge on any atom is -0.507 e. The van der Waals surface area contributed by atoms with E-state index in [1.165, 1.54) is 141 Å². The average Bonchev–Trinajstić information content (AvgIpc) is 3.15. The first-order chi connectivity index (χ1) is 27.8. The summed E-state index contributed by atoms with van der Waals surface area (Å²) in [5, 5.41) is 12.6. The molecule has 2 N–H and O–H groups in total. The Bertz CT molecular complexity index is 1320. The number of unbranched alkanes of at least 4 members (excludes halogenated alkanes) is 26. The van der Waals surface area contributed by atoms with Crippen LogP contribution in [0.15, 0.2) is 30.2 Å². The predicted octanol–water partition coefficient (Wildman–Crippen LogP) is 17.5. The Morgan fingerprint density at radius 3 is 1.22 bits per heavy atom. The van der Waals surface area contributed by atoms with Gasteiger partial charge in [-0.15, -0.1) is 13.2 Å². The molecule has 58 heavy (non-hydrogen) atoms. The van der Waals surface area contributed by atoms with E-state index in [1.54, 1.807) is 6.08 Å². The van der Waals surface area contributed by atoms with E-state index >= 15 is 0 Å². The normalized spacial score (nSPS) is 13.2. The Hall–Kier alpha value is -1.59. The lowest BCUT2D eigenvalue weighted by Crippen LogP contribution is -2.34. The van der Waals surface area contributed by atoms with E-state index in [0.717, 1.165) is 80.9 Å². The van der Waals surface area contributed by atoms with Crippen LogP contribution in [0.3, 0.4) is 0 Å². The zero-order chi connectivity index (χ0) is 43.1. The number of phenols is 1. The molecule has 0 aliphatic heterocycles. The zero-order valence-corrected chi connectivity index (χ0v) is 40.3. The van der Waals surface area contributed by atoms with Gasteiger partial charge in [0.2, 0.25) is 0 Å². The molecule has 0 bridgehead atoms. The highest BCUT2D eigenvalue weighted by Crippen LogP contribution is 2.52. The number of allylic oxidation sites excluding steroid dienone is 2. The molecule has 0 amide bonds. The summed E-state index contributed by atoms with van der Waals surface area (Å²) in [5.74, 6) is 0.0726. The van der Waals surface area contributed by atoms with E-state index in [1.807, 2.05) is 6.08 Å². The molecule has 0 spiro atoms. The van der Waals surface area contributed by atoms with E-state index in [2.05, 4.69) is 54.7 Å². The van der Waals surface area contributed by atoms with Crippen LogP contribution in [0.1, 0.15) is 269 Å². The van der Waals surface area contributed by atoms with Crippen LogP contribution in [0.2, 0.25) is 0 Å². The first-order valence-electron chi connectivity index (χ1n) is 24.9. The van der Waals surface area contributed by atoms with Crippen molar-refractivity contribution in [2.75, 3.05) is 0 Å². The Morgan fingerprint density at radius 2 is 0.879 bits per heavy atom. The summed E-state index contributed by atoms with van der Waals surface area (Å²) in [6.07, 6.45) is 43.2. The second kappa shape index (κ2) is 32.2. The van der Waals surface area contributed by atoms with Gasteiger partial charge in [0.15, 0.2) is 0 Å². The van der Waals surface area contributed by atoms with E-state index in [4.69, 9.17) is 0 Å². The number of benzene rings is 1. The van der Waals surface area contributed by atoms with Crippen molar-refractivity contribution in [2.24, 2.45) is 5.41 Å². The first kappa shape index (κ1) is 54.4. The molecule has 1 aromatic carbocycles. The van der Waals surface area contributed by atoms with Crippen molar-refractivity contribution < 1.29 is 18.1 Å². The topological polar surface area (TPSA) is 74.6 Å². The molecule has 0 fully saturated rings. The van der Waals surface area contributed by atoms with Crippen LogP contribution in [0.5, 0.6) is 5.75 Å². The van der Waals surface area contributed by atoms with E-state index in [0.29, 0.717) is 18.4 Å². The highest BCUT2D eigenvalue weighted by atomic mass is 32.2. The molecule has 1 atom stereocenters. The highest BCUT2D eigenvalue weighted by molar-refractivity contribution is 7.86. The minimum absolute atomic E-state index is 0.0415. The molecule has 0 aliphatic rings. The number of phenolic OH excluding ortho intramolecular Hbond substituents is 1. The summed E-state index contributed by atoms with van der Waals surface area (Å²) in [6.45, 7) is 22.0. The Kier molecular flexibility index (Phi) is 30.2. The molecule has 4 nitrogen and oxygen atoms in total. The van der Waals surface area contributed by atoms with Gasteiger partial charge in [0.25, 0.3) is 10.1 Å². The summed E-state index contributed by atoms with van der Waals surface area (Å²) in [5.41, 5.74) is 2.59. The van der Waals surface area contributed by atoms with Crippen LogP contribution in [-0.2, 0) is 34.8 Å². The molecule has 0 aromatic heterocycles. The minimum atomic E-state index is -4.62. The van der Waals surface area contributed by atoms with Gasteiger partial charge in [0.05, 0.1) is 0 Å². The van der Waals surface area contributed by atoms with Crippen LogP contribution in [-0.4, -0.2) is 18.1 Å². The maximum absolute atomic E-state index is 13.5. The fourth-order valence-corrected chi connectivity index (χ4v) is 10.9. The number of hydrogen-bond donors (Lipinski definition) is 2. The fourth-order valence-electron chi connectivity index (χ4n) is 9.85. The molecular weight excluding hydrogens is 733 g/mol. The molecule has 1 rings (SSSR count). The maximum Gasteiger partial charge on any atom is 0.295 e. The lowest BCUT2D eigenvalue weighted by molar-refractivity contribution is 0.226. The molecule has 1 unspecified atom stereocenters. The molecule has 338 valence electrons. The number of rotatable bonds is 39. The third-order valence-corrected chi connectivity index (χ3v) is 13.6. The molecular formula is C53H96O4S. The second-order valence-electron chi connectivity index (χ2n) is 19.4. The molecule has 0 aliphatic carbocycles. The lowest BCUT2D eigenvalue weighted by Gasteiger charge is -2.42. The van der Waals surface area contributed by atoms with E-state index in [-0.39, 0.29) is 22.5 Å². The molecule has 0 saturated heterocycles. The maximum atomic E-state index is 13.5. The summed E-state index contributed by atoms with van der Waals surface area (Å²) in [7, 11) is -4.62. The van der Waals surface area contributed by atoms with Crippen molar-refractivity contribution >= 4 is 10.1 Å². The van der Waals surface area contributed by atoms with Crippen LogP contribution >= 0.6 is 0 Å². The number of aromatic hydroxyl groups is 1. The molecule has 5 heteroatoms. The van der Waals surface area contributed by atoms with Crippen LogP contribution < -0.4 is 0 Å². The monoisotopic (exact) mass is 829 g/mol. The van der Waals surface area contributed by atoms with Gasteiger partial charge in [-0.3, -0.25) is 4.55 Å². The van der Waals surface area contributed by atoms with Crippen LogP contribution in [0, 0.1) is 5.41 Å². The Morgan fingerprint density at radius 1 is 0.517 bits per heavy atom. The Labute approximate surface area is 362 Å². The van der Waals surface area contributed by atoms with Crippen LogP contribution in [0.4, 0.5) is 0 Å². The van der Waals surface area contributed by atoms with Gasteiger partial charge in [0.1, 0.15) is 10.6 Å². The molecule has 1 aromatic rings. The largest absolute Gasteiger partial charge is 0.507 e. The highest BCUT2D eigenvalue weighted by Gasteiger charge is 2.42. The summed E-state index contributed by atoms with van der Waals surface area (Å²) < 4.78 is 38.1. The van der Waals surface area contributed by atoms with Crippen molar-refractivity contribution in [3.63, 3.8) is 0 Å². The summed E-state index contributed by atoms with van der Waals surface area (Å²) >= 11 is 0. The summed E-state index contributed by atoms with van der Waals surface area (Å²) in [6, 6.07) is 0. The number of hydrogen-bond acceptors (Lipinski definition) is 3. The van der Waals surface area contributed by atoms with Gasteiger partial charge in [-0.2, -0.15) is 8.42 Å². The third-order valence-electron chi connectivity index (χ3n) is 12.6. The Balaban J connectivity index is 3.70. The zero-order valence-electron chi connectivity index (χ0n) is 39.4.